The van der Waals surface area contributed by atoms with Gasteiger partial charge >= 0.3 is 0 Å². The molecule has 0 bridgehead atoms. The van der Waals surface area contributed by atoms with Gasteiger partial charge in [0.05, 0.1) is 12.8 Å². The number of hydrogen-bond acceptors (Lipinski definition) is 5. The van der Waals surface area contributed by atoms with Crippen LogP contribution in [0.2, 0.25) is 0 Å². The molecule has 2 heterocycles. The van der Waals surface area contributed by atoms with E-state index in [1.807, 2.05) is 30.5 Å². The van der Waals surface area contributed by atoms with Crippen molar-refractivity contribution in [1.82, 2.24) is 9.97 Å². The predicted octanol–water partition coefficient (Wildman–Crippen LogP) is 7.73. The molecule has 0 saturated carbocycles. The number of ether oxygens (including phenoxy) is 1. The molecule has 1 N–H and O–H groups in total. The van der Waals surface area contributed by atoms with Crippen molar-refractivity contribution in [2.45, 2.75) is 38.5 Å². The van der Waals surface area contributed by atoms with Crippen LogP contribution in [0.4, 0.5) is 21.7 Å². The fourth-order valence-electron chi connectivity index (χ4n) is 5.12. The molecular weight excluding hydrogens is 487 g/mol. The molecule has 1 aromatic heterocycles. The molecule has 5 rings (SSSR count). The van der Waals surface area contributed by atoms with Crippen molar-refractivity contribution < 1.29 is 9.13 Å². The Morgan fingerprint density at radius 1 is 1.00 bits per heavy atom. The summed E-state index contributed by atoms with van der Waals surface area (Å²) < 4.78 is 19.7. The second kappa shape index (κ2) is 12.6. The summed E-state index contributed by atoms with van der Waals surface area (Å²) in [7, 11) is 1.67. The van der Waals surface area contributed by atoms with Gasteiger partial charge in [0.2, 0.25) is 5.95 Å². The van der Waals surface area contributed by atoms with Crippen LogP contribution in [-0.4, -0.2) is 30.2 Å². The summed E-state index contributed by atoms with van der Waals surface area (Å²) in [6.45, 7) is 6.03. The Balaban J connectivity index is 1.52. The van der Waals surface area contributed by atoms with E-state index in [2.05, 4.69) is 52.1 Å². The van der Waals surface area contributed by atoms with Gasteiger partial charge in [-0.3, -0.25) is 0 Å². The molecule has 0 spiro atoms. The average molecular weight is 523 g/mol. The molecule has 3 aromatic carbocycles. The topological polar surface area (TPSA) is 50.3 Å². The van der Waals surface area contributed by atoms with Crippen LogP contribution >= 0.6 is 0 Å². The number of aryl methyl sites for hydroxylation is 1. The Bertz CT molecular complexity index is 1430. The standard InChI is InChI=1S/C33H35FN4O/c1-3-4-10-24-15-16-31(39-2)30(21-24)32-26(19-25-11-8-12-27(34)20-25)23-35-33(37-32)36-28-13-9-14-29(22-28)38-17-6-5-7-18-38/h3,8-9,11-16,20-23H,1,4-7,10,17-19H2,2H3,(H,35,36,37). The highest BCUT2D eigenvalue weighted by Gasteiger charge is 2.17. The smallest absolute Gasteiger partial charge is 0.227 e. The highest BCUT2D eigenvalue weighted by molar-refractivity contribution is 5.73. The van der Waals surface area contributed by atoms with Crippen LogP contribution in [0.15, 0.2) is 85.6 Å². The third-order valence-corrected chi connectivity index (χ3v) is 7.13. The van der Waals surface area contributed by atoms with E-state index in [-0.39, 0.29) is 5.82 Å². The Hall–Kier alpha value is -4.19. The van der Waals surface area contributed by atoms with E-state index in [1.54, 1.807) is 19.2 Å². The van der Waals surface area contributed by atoms with E-state index in [1.165, 1.54) is 36.6 Å². The number of benzene rings is 3. The molecule has 0 radical (unpaired) electrons. The summed E-state index contributed by atoms with van der Waals surface area (Å²) in [4.78, 5) is 12.1. The molecular formula is C33H35FN4O. The summed E-state index contributed by atoms with van der Waals surface area (Å²) >= 11 is 0. The molecule has 5 nitrogen and oxygen atoms in total. The van der Waals surface area contributed by atoms with Crippen LogP contribution in [0.1, 0.15) is 42.4 Å². The molecule has 6 heteroatoms. The molecule has 39 heavy (non-hydrogen) atoms. The number of halogens is 1. The van der Waals surface area contributed by atoms with Gasteiger partial charge in [0.1, 0.15) is 11.6 Å². The summed E-state index contributed by atoms with van der Waals surface area (Å²) in [5, 5.41) is 3.42. The van der Waals surface area contributed by atoms with Crippen LogP contribution in [0.25, 0.3) is 11.3 Å². The molecule has 1 aliphatic heterocycles. The maximum Gasteiger partial charge on any atom is 0.227 e. The zero-order valence-electron chi connectivity index (χ0n) is 22.5. The van der Waals surface area contributed by atoms with Crippen molar-refractivity contribution in [3.05, 3.63) is 108 Å². The van der Waals surface area contributed by atoms with Gasteiger partial charge in [0.15, 0.2) is 0 Å². The normalized spacial score (nSPS) is 13.2. The molecule has 0 unspecified atom stereocenters. The Labute approximate surface area is 230 Å². The Morgan fingerprint density at radius 2 is 1.85 bits per heavy atom. The second-order valence-electron chi connectivity index (χ2n) is 9.96. The van der Waals surface area contributed by atoms with E-state index < -0.39 is 0 Å². The number of nitrogens with zero attached hydrogens (tertiary/aromatic N) is 3. The van der Waals surface area contributed by atoms with E-state index in [0.29, 0.717) is 12.4 Å². The van der Waals surface area contributed by atoms with Crippen molar-refractivity contribution in [2.24, 2.45) is 0 Å². The number of hydrogen-bond donors (Lipinski definition) is 1. The van der Waals surface area contributed by atoms with E-state index in [4.69, 9.17) is 9.72 Å². The average Bonchev–Trinajstić information content (AvgIpc) is 2.97. The molecule has 200 valence electrons. The lowest BCUT2D eigenvalue weighted by Gasteiger charge is -2.29. The number of anilines is 3. The number of rotatable bonds is 10. The first-order valence-electron chi connectivity index (χ1n) is 13.6. The van der Waals surface area contributed by atoms with Gasteiger partial charge in [-0.15, -0.1) is 6.58 Å². The lowest BCUT2D eigenvalue weighted by molar-refractivity contribution is 0.416. The minimum atomic E-state index is -0.258. The van der Waals surface area contributed by atoms with Crippen LogP contribution < -0.4 is 15.0 Å². The zero-order valence-corrected chi connectivity index (χ0v) is 22.5. The number of methoxy groups -OCH3 is 1. The molecule has 0 amide bonds. The van der Waals surface area contributed by atoms with Gasteiger partial charge in [-0.2, -0.15) is 0 Å². The number of allylic oxidation sites excluding steroid dienone is 1. The van der Waals surface area contributed by atoms with Crippen LogP contribution in [0, 0.1) is 5.82 Å². The molecule has 4 aromatic rings. The maximum absolute atomic E-state index is 14.0. The van der Waals surface area contributed by atoms with Crippen LogP contribution in [0.5, 0.6) is 5.75 Å². The SMILES string of the molecule is C=CCCc1ccc(OC)c(-c2nc(Nc3cccc(N4CCCCC4)c3)ncc2Cc2cccc(F)c2)c1. The number of nitrogens with one attached hydrogen (secondary N) is 1. The molecule has 1 fully saturated rings. The van der Waals surface area contributed by atoms with Gasteiger partial charge in [0, 0.05) is 48.2 Å². The first-order valence-corrected chi connectivity index (χ1v) is 13.6. The number of piperidine rings is 1. The van der Waals surface area contributed by atoms with E-state index in [9.17, 15) is 4.39 Å². The largest absolute Gasteiger partial charge is 0.496 e. The lowest BCUT2D eigenvalue weighted by atomic mass is 9.97. The Morgan fingerprint density at radius 3 is 2.64 bits per heavy atom. The van der Waals surface area contributed by atoms with Crippen LogP contribution in [0.3, 0.4) is 0 Å². The monoisotopic (exact) mass is 522 g/mol. The molecule has 1 saturated heterocycles. The van der Waals surface area contributed by atoms with Crippen molar-refractivity contribution in [3.8, 4) is 17.0 Å². The highest BCUT2D eigenvalue weighted by Crippen LogP contribution is 2.34. The fraction of sp³-hybridized carbons (Fsp3) is 0.273. The van der Waals surface area contributed by atoms with Crippen LogP contribution in [-0.2, 0) is 12.8 Å². The van der Waals surface area contributed by atoms with E-state index in [0.717, 1.165) is 59.8 Å². The number of aromatic nitrogens is 2. The minimum Gasteiger partial charge on any atom is -0.496 e. The summed E-state index contributed by atoms with van der Waals surface area (Å²) in [5.41, 5.74) is 6.72. The predicted molar refractivity (Wildman–Crippen MR) is 158 cm³/mol. The van der Waals surface area contributed by atoms with Crippen molar-refractivity contribution in [1.29, 1.82) is 0 Å². The summed E-state index contributed by atoms with van der Waals surface area (Å²) in [6.07, 6.45) is 9.76. The van der Waals surface area contributed by atoms with Crippen molar-refractivity contribution in [3.63, 3.8) is 0 Å². The van der Waals surface area contributed by atoms with Gasteiger partial charge in [-0.25, -0.2) is 14.4 Å². The van der Waals surface area contributed by atoms with Crippen molar-refractivity contribution in [2.75, 3.05) is 30.4 Å². The first kappa shape index (κ1) is 26.4. The van der Waals surface area contributed by atoms with E-state index >= 15 is 0 Å². The summed E-state index contributed by atoms with van der Waals surface area (Å²) in [5.74, 6) is 0.975. The third kappa shape index (κ3) is 6.63. The third-order valence-electron chi connectivity index (χ3n) is 7.13. The van der Waals surface area contributed by atoms with Gasteiger partial charge in [-0.1, -0.05) is 30.3 Å². The maximum atomic E-state index is 14.0. The lowest BCUT2D eigenvalue weighted by Crippen LogP contribution is -2.29. The Kier molecular flexibility index (Phi) is 8.51. The summed E-state index contributed by atoms with van der Waals surface area (Å²) in [6, 6.07) is 21.3. The molecule has 0 aliphatic carbocycles. The minimum absolute atomic E-state index is 0.258. The second-order valence-corrected chi connectivity index (χ2v) is 9.96. The van der Waals surface area contributed by atoms with Gasteiger partial charge < -0.3 is 15.0 Å². The van der Waals surface area contributed by atoms with Gasteiger partial charge in [-0.05, 0) is 85.7 Å². The first-order chi connectivity index (χ1) is 19.1. The van der Waals surface area contributed by atoms with Crippen molar-refractivity contribution >= 4 is 17.3 Å². The molecule has 1 aliphatic rings. The molecule has 0 atom stereocenters. The van der Waals surface area contributed by atoms with Gasteiger partial charge in [0.25, 0.3) is 0 Å². The fourth-order valence-corrected chi connectivity index (χ4v) is 5.12. The highest BCUT2D eigenvalue weighted by atomic mass is 19.1. The zero-order chi connectivity index (χ0) is 27.0. The quantitative estimate of drug-likeness (QED) is 0.216.